The van der Waals surface area contributed by atoms with Gasteiger partial charge >= 0.3 is 5.97 Å². The standard InChI is InChI=1S/C22H21Cl3N2O2/c1-3-4-5-12-29-22(28)20-14(2)21(15-6-8-16(23)9-7-15)27(26-20)19-11-10-17(24)13-18(19)25/h6-11,13H,3-5,12H2,1-2H3. The van der Waals surface area contributed by atoms with E-state index in [1.165, 1.54) is 0 Å². The van der Waals surface area contributed by atoms with Crippen molar-refractivity contribution < 1.29 is 9.53 Å². The predicted molar refractivity (Wildman–Crippen MR) is 119 cm³/mol. The topological polar surface area (TPSA) is 44.1 Å². The Kier molecular flexibility index (Phi) is 7.23. The Hall–Kier alpha value is -2.01. The Labute approximate surface area is 185 Å². The van der Waals surface area contributed by atoms with Gasteiger partial charge in [-0.2, -0.15) is 5.10 Å². The first-order valence-electron chi connectivity index (χ1n) is 9.40. The second-order valence-corrected chi connectivity index (χ2v) is 7.96. The first-order chi connectivity index (χ1) is 13.9. The summed E-state index contributed by atoms with van der Waals surface area (Å²) in [5.74, 6) is -0.447. The molecule has 152 valence electrons. The van der Waals surface area contributed by atoms with Crippen LogP contribution in [-0.4, -0.2) is 22.4 Å². The maximum atomic E-state index is 12.7. The number of hydrogen-bond donors (Lipinski definition) is 0. The minimum atomic E-state index is -0.447. The number of rotatable bonds is 7. The Balaban J connectivity index is 2.08. The van der Waals surface area contributed by atoms with Gasteiger partial charge in [-0.15, -0.1) is 0 Å². The fraction of sp³-hybridized carbons (Fsp3) is 0.273. The molecule has 3 rings (SSSR count). The molecule has 0 unspecified atom stereocenters. The van der Waals surface area contributed by atoms with Crippen molar-refractivity contribution in [3.8, 4) is 16.9 Å². The molecule has 3 aromatic rings. The number of hydrogen-bond acceptors (Lipinski definition) is 3. The molecule has 1 aromatic heterocycles. The van der Waals surface area contributed by atoms with E-state index in [1.54, 1.807) is 35.0 Å². The van der Waals surface area contributed by atoms with Crippen LogP contribution >= 0.6 is 34.8 Å². The molecule has 4 nitrogen and oxygen atoms in total. The van der Waals surface area contributed by atoms with E-state index in [1.807, 2.05) is 19.1 Å². The molecule has 0 aliphatic carbocycles. The van der Waals surface area contributed by atoms with Crippen molar-refractivity contribution in [2.75, 3.05) is 6.61 Å². The number of esters is 1. The van der Waals surface area contributed by atoms with Crippen molar-refractivity contribution in [3.63, 3.8) is 0 Å². The zero-order valence-corrected chi connectivity index (χ0v) is 18.5. The molecule has 0 N–H and O–H groups in total. The molecule has 0 spiro atoms. The number of carbonyl (C=O) groups is 1. The Bertz CT molecular complexity index is 1010. The molecule has 0 bridgehead atoms. The number of halogens is 3. The summed E-state index contributed by atoms with van der Waals surface area (Å²) in [7, 11) is 0. The highest BCUT2D eigenvalue weighted by atomic mass is 35.5. The van der Waals surface area contributed by atoms with E-state index >= 15 is 0 Å². The zero-order valence-electron chi connectivity index (χ0n) is 16.2. The van der Waals surface area contributed by atoms with E-state index in [0.29, 0.717) is 32.9 Å². The summed E-state index contributed by atoms with van der Waals surface area (Å²) < 4.78 is 7.08. The van der Waals surface area contributed by atoms with Crippen molar-refractivity contribution in [1.29, 1.82) is 0 Å². The number of ether oxygens (including phenoxy) is 1. The maximum absolute atomic E-state index is 12.7. The smallest absolute Gasteiger partial charge is 0.359 e. The number of unbranched alkanes of at least 4 members (excludes halogenated alkanes) is 2. The predicted octanol–water partition coefficient (Wildman–Crippen LogP) is 7.15. The van der Waals surface area contributed by atoms with Crippen LogP contribution in [0.25, 0.3) is 16.9 Å². The molecular weight excluding hydrogens is 431 g/mol. The zero-order chi connectivity index (χ0) is 21.0. The first kappa shape index (κ1) is 21.7. The van der Waals surface area contributed by atoms with Crippen LogP contribution < -0.4 is 0 Å². The second-order valence-electron chi connectivity index (χ2n) is 6.68. The van der Waals surface area contributed by atoms with Crippen LogP contribution in [0.5, 0.6) is 0 Å². The monoisotopic (exact) mass is 450 g/mol. The normalized spacial score (nSPS) is 10.9. The third-order valence-electron chi connectivity index (χ3n) is 4.55. The summed E-state index contributed by atoms with van der Waals surface area (Å²) in [4.78, 5) is 12.7. The van der Waals surface area contributed by atoms with Gasteiger partial charge in [-0.05, 0) is 43.7 Å². The highest BCUT2D eigenvalue weighted by molar-refractivity contribution is 6.35. The molecule has 1 heterocycles. The van der Waals surface area contributed by atoms with Crippen LogP contribution in [-0.2, 0) is 4.74 Å². The van der Waals surface area contributed by atoms with Crippen molar-refractivity contribution in [3.05, 3.63) is 68.8 Å². The number of nitrogens with zero attached hydrogens (tertiary/aromatic N) is 2. The van der Waals surface area contributed by atoms with Gasteiger partial charge in [0.25, 0.3) is 0 Å². The van der Waals surface area contributed by atoms with E-state index in [-0.39, 0.29) is 5.69 Å². The average Bonchev–Trinajstić information content (AvgIpc) is 3.03. The molecule has 0 atom stereocenters. The maximum Gasteiger partial charge on any atom is 0.359 e. The summed E-state index contributed by atoms with van der Waals surface area (Å²) >= 11 is 18.5. The number of aromatic nitrogens is 2. The molecule has 0 saturated heterocycles. The van der Waals surface area contributed by atoms with Crippen LogP contribution in [0.3, 0.4) is 0 Å². The number of benzene rings is 2. The number of carbonyl (C=O) groups excluding carboxylic acids is 1. The van der Waals surface area contributed by atoms with Crippen molar-refractivity contribution in [2.24, 2.45) is 0 Å². The molecular formula is C22H21Cl3N2O2. The lowest BCUT2D eigenvalue weighted by molar-refractivity contribution is 0.0490. The third-order valence-corrected chi connectivity index (χ3v) is 5.34. The van der Waals surface area contributed by atoms with Crippen LogP contribution in [0.15, 0.2) is 42.5 Å². The van der Waals surface area contributed by atoms with Gasteiger partial charge in [-0.1, -0.05) is 66.7 Å². The van der Waals surface area contributed by atoms with Crippen LogP contribution in [0.1, 0.15) is 42.2 Å². The lowest BCUT2D eigenvalue weighted by atomic mass is 10.1. The minimum Gasteiger partial charge on any atom is -0.461 e. The summed E-state index contributed by atoms with van der Waals surface area (Å²) in [6, 6.07) is 12.5. The largest absolute Gasteiger partial charge is 0.461 e. The second kappa shape index (κ2) is 9.66. The SMILES string of the molecule is CCCCCOC(=O)c1nn(-c2ccc(Cl)cc2Cl)c(-c2ccc(Cl)cc2)c1C. The molecule has 7 heteroatoms. The van der Waals surface area contributed by atoms with Gasteiger partial charge in [-0.3, -0.25) is 0 Å². The van der Waals surface area contributed by atoms with Crippen molar-refractivity contribution in [2.45, 2.75) is 33.1 Å². The molecule has 0 radical (unpaired) electrons. The van der Waals surface area contributed by atoms with Crippen LogP contribution in [0.4, 0.5) is 0 Å². The molecule has 2 aromatic carbocycles. The molecule has 0 saturated carbocycles. The van der Waals surface area contributed by atoms with E-state index in [4.69, 9.17) is 39.5 Å². The van der Waals surface area contributed by atoms with E-state index in [9.17, 15) is 4.79 Å². The minimum absolute atomic E-state index is 0.262. The summed E-state index contributed by atoms with van der Waals surface area (Å²) in [6.45, 7) is 4.32. The van der Waals surface area contributed by atoms with Gasteiger partial charge < -0.3 is 4.74 Å². The Morgan fingerprint density at radius 1 is 1.03 bits per heavy atom. The van der Waals surface area contributed by atoms with Gasteiger partial charge in [0.2, 0.25) is 0 Å². The van der Waals surface area contributed by atoms with Gasteiger partial charge in [0.05, 0.1) is 23.0 Å². The fourth-order valence-electron chi connectivity index (χ4n) is 3.05. The summed E-state index contributed by atoms with van der Waals surface area (Å²) in [6.07, 6.45) is 2.90. The summed E-state index contributed by atoms with van der Waals surface area (Å²) in [5.41, 5.74) is 3.19. The van der Waals surface area contributed by atoms with Crippen molar-refractivity contribution in [1.82, 2.24) is 9.78 Å². The highest BCUT2D eigenvalue weighted by Crippen LogP contribution is 2.33. The quantitative estimate of drug-likeness (QED) is 0.283. The highest BCUT2D eigenvalue weighted by Gasteiger charge is 2.24. The van der Waals surface area contributed by atoms with Gasteiger partial charge in [0, 0.05) is 21.2 Å². The molecule has 29 heavy (non-hydrogen) atoms. The van der Waals surface area contributed by atoms with Crippen LogP contribution in [0, 0.1) is 6.92 Å². The first-order valence-corrected chi connectivity index (χ1v) is 10.5. The molecule has 0 fully saturated rings. The third kappa shape index (κ3) is 4.95. The fourth-order valence-corrected chi connectivity index (χ4v) is 3.66. The van der Waals surface area contributed by atoms with E-state index in [2.05, 4.69) is 12.0 Å². The van der Waals surface area contributed by atoms with Gasteiger partial charge in [0.15, 0.2) is 5.69 Å². The Morgan fingerprint density at radius 3 is 2.38 bits per heavy atom. The summed E-state index contributed by atoms with van der Waals surface area (Å²) in [5, 5.41) is 6.12. The lowest BCUT2D eigenvalue weighted by Gasteiger charge is -2.11. The van der Waals surface area contributed by atoms with E-state index in [0.717, 1.165) is 30.5 Å². The van der Waals surface area contributed by atoms with Gasteiger partial charge in [0.1, 0.15) is 0 Å². The average molecular weight is 452 g/mol. The van der Waals surface area contributed by atoms with Gasteiger partial charge in [-0.25, -0.2) is 9.48 Å². The molecule has 0 amide bonds. The molecule has 0 aliphatic rings. The van der Waals surface area contributed by atoms with Crippen molar-refractivity contribution >= 4 is 40.8 Å². The van der Waals surface area contributed by atoms with E-state index < -0.39 is 5.97 Å². The lowest BCUT2D eigenvalue weighted by Crippen LogP contribution is -2.09. The molecule has 0 aliphatic heterocycles. The van der Waals surface area contributed by atoms with Crippen LogP contribution in [0.2, 0.25) is 15.1 Å². The Morgan fingerprint density at radius 2 is 1.72 bits per heavy atom.